The molecule has 0 radical (unpaired) electrons. The van der Waals surface area contributed by atoms with E-state index in [0.29, 0.717) is 23.6 Å². The van der Waals surface area contributed by atoms with E-state index in [-0.39, 0.29) is 23.4 Å². The molecule has 1 unspecified atom stereocenters. The molecule has 1 heterocycles. The SMILES string of the molecule is COc1ccc(OC)c(C2/C(=C(/O)c3ccc(F)cc3)C(=O)C(=O)N2CCN(C)C)c1. The average Bonchev–Trinajstić information content (AvgIpc) is 3.01. The Morgan fingerprint density at radius 3 is 2.35 bits per heavy atom. The maximum absolute atomic E-state index is 13.4. The molecule has 2 aromatic carbocycles. The molecule has 2 aromatic rings. The van der Waals surface area contributed by atoms with Gasteiger partial charge in [-0.05, 0) is 56.6 Å². The lowest BCUT2D eigenvalue weighted by Crippen LogP contribution is -2.35. The smallest absolute Gasteiger partial charge is 0.295 e. The number of nitrogens with zero attached hydrogens (tertiary/aromatic N) is 2. The van der Waals surface area contributed by atoms with Gasteiger partial charge in [0, 0.05) is 24.2 Å². The molecule has 0 aliphatic carbocycles. The van der Waals surface area contributed by atoms with E-state index in [1.165, 1.54) is 43.4 Å². The van der Waals surface area contributed by atoms with Gasteiger partial charge in [-0.2, -0.15) is 0 Å². The minimum Gasteiger partial charge on any atom is -0.507 e. The van der Waals surface area contributed by atoms with Crippen molar-refractivity contribution in [3.8, 4) is 11.5 Å². The lowest BCUT2D eigenvalue weighted by molar-refractivity contribution is -0.140. The van der Waals surface area contributed by atoms with E-state index in [4.69, 9.17) is 9.47 Å². The van der Waals surface area contributed by atoms with Crippen LogP contribution in [-0.2, 0) is 9.59 Å². The van der Waals surface area contributed by atoms with Crippen LogP contribution in [0, 0.1) is 5.82 Å². The van der Waals surface area contributed by atoms with Crippen LogP contribution in [0.25, 0.3) is 5.76 Å². The number of ether oxygens (including phenoxy) is 2. The minimum atomic E-state index is -0.893. The number of ketones is 1. The van der Waals surface area contributed by atoms with Crippen LogP contribution >= 0.6 is 0 Å². The van der Waals surface area contributed by atoms with Crippen LogP contribution in [0.4, 0.5) is 4.39 Å². The van der Waals surface area contributed by atoms with Gasteiger partial charge in [0.05, 0.1) is 25.8 Å². The summed E-state index contributed by atoms with van der Waals surface area (Å²) in [6.07, 6.45) is 0. The summed E-state index contributed by atoms with van der Waals surface area (Å²) in [7, 11) is 6.71. The van der Waals surface area contributed by atoms with Crippen LogP contribution < -0.4 is 9.47 Å². The summed E-state index contributed by atoms with van der Waals surface area (Å²) in [5.74, 6) is -1.44. The van der Waals surface area contributed by atoms with Gasteiger partial charge in [0.2, 0.25) is 0 Å². The van der Waals surface area contributed by atoms with Crippen molar-refractivity contribution < 1.29 is 28.6 Å². The molecule has 0 spiro atoms. The van der Waals surface area contributed by atoms with Crippen molar-refractivity contribution in [3.05, 3.63) is 65.0 Å². The Balaban J connectivity index is 2.23. The Kier molecular flexibility index (Phi) is 6.60. The van der Waals surface area contributed by atoms with Crippen LogP contribution in [0.15, 0.2) is 48.0 Å². The van der Waals surface area contributed by atoms with E-state index >= 15 is 0 Å². The fraction of sp³-hybridized carbons (Fsp3) is 0.304. The second kappa shape index (κ2) is 9.18. The molecule has 1 amide bonds. The fourth-order valence-corrected chi connectivity index (χ4v) is 3.56. The molecule has 3 rings (SSSR count). The van der Waals surface area contributed by atoms with Gasteiger partial charge in [0.1, 0.15) is 23.1 Å². The fourth-order valence-electron chi connectivity index (χ4n) is 3.56. The number of halogens is 1. The highest BCUT2D eigenvalue weighted by molar-refractivity contribution is 6.46. The lowest BCUT2D eigenvalue weighted by atomic mass is 9.94. The van der Waals surface area contributed by atoms with E-state index in [9.17, 15) is 19.1 Å². The van der Waals surface area contributed by atoms with Gasteiger partial charge in [-0.15, -0.1) is 0 Å². The summed E-state index contributed by atoms with van der Waals surface area (Å²) in [5, 5.41) is 11.0. The van der Waals surface area contributed by atoms with Crippen molar-refractivity contribution in [1.82, 2.24) is 9.80 Å². The lowest BCUT2D eigenvalue weighted by Gasteiger charge is -2.28. The van der Waals surface area contributed by atoms with Crippen molar-refractivity contribution in [2.45, 2.75) is 6.04 Å². The number of hydrogen-bond donors (Lipinski definition) is 1. The van der Waals surface area contributed by atoms with Crippen molar-refractivity contribution in [2.24, 2.45) is 0 Å². The van der Waals surface area contributed by atoms with Gasteiger partial charge < -0.3 is 24.4 Å². The minimum absolute atomic E-state index is 0.0816. The van der Waals surface area contributed by atoms with Gasteiger partial charge in [0.15, 0.2) is 0 Å². The quantitative estimate of drug-likeness (QED) is 0.415. The molecule has 8 heteroatoms. The van der Waals surface area contributed by atoms with E-state index in [2.05, 4.69) is 0 Å². The first-order valence-corrected chi connectivity index (χ1v) is 9.69. The molecule has 0 saturated carbocycles. The molecule has 164 valence electrons. The maximum Gasteiger partial charge on any atom is 0.295 e. The standard InChI is InChI=1S/C23H25FN2O5/c1-25(2)11-12-26-20(17-13-16(30-3)9-10-18(17)31-4)19(22(28)23(26)29)21(27)14-5-7-15(24)8-6-14/h5-10,13,20,27H,11-12H2,1-4H3/b21-19-. The van der Waals surface area contributed by atoms with Gasteiger partial charge >= 0.3 is 0 Å². The highest BCUT2D eigenvalue weighted by Gasteiger charge is 2.47. The Bertz CT molecular complexity index is 1020. The van der Waals surface area contributed by atoms with Crippen molar-refractivity contribution in [2.75, 3.05) is 41.4 Å². The average molecular weight is 428 g/mol. The monoisotopic (exact) mass is 428 g/mol. The summed E-state index contributed by atoms with van der Waals surface area (Å²) in [6.45, 7) is 0.759. The van der Waals surface area contributed by atoms with Crippen LogP contribution in [0.2, 0.25) is 0 Å². The molecule has 1 N–H and O–H groups in total. The molecule has 31 heavy (non-hydrogen) atoms. The second-order valence-electron chi connectivity index (χ2n) is 7.41. The molecule has 1 saturated heterocycles. The highest BCUT2D eigenvalue weighted by atomic mass is 19.1. The zero-order valence-electron chi connectivity index (χ0n) is 17.9. The molecule has 0 aromatic heterocycles. The van der Waals surface area contributed by atoms with Crippen molar-refractivity contribution in [1.29, 1.82) is 0 Å². The van der Waals surface area contributed by atoms with Gasteiger partial charge in [-0.1, -0.05) is 0 Å². The summed E-state index contributed by atoms with van der Waals surface area (Å²) in [5.41, 5.74) is 0.657. The van der Waals surface area contributed by atoms with Crippen LogP contribution in [0.5, 0.6) is 11.5 Å². The number of aliphatic hydroxyl groups excluding tert-OH is 1. The molecular formula is C23H25FN2O5. The number of likely N-dealkylation sites (tertiary alicyclic amines) is 1. The number of hydrogen-bond acceptors (Lipinski definition) is 6. The van der Waals surface area contributed by atoms with Gasteiger partial charge in [-0.25, -0.2) is 4.39 Å². The molecule has 0 bridgehead atoms. The summed E-state index contributed by atoms with van der Waals surface area (Å²) in [4.78, 5) is 29.2. The van der Waals surface area contributed by atoms with Crippen molar-refractivity contribution in [3.63, 3.8) is 0 Å². The number of benzene rings is 2. The number of methoxy groups -OCH3 is 2. The number of amides is 1. The number of carbonyl (C=O) groups is 2. The van der Waals surface area contributed by atoms with E-state index in [0.717, 1.165) is 0 Å². The van der Waals surface area contributed by atoms with Crippen LogP contribution in [-0.4, -0.2) is 68.0 Å². The van der Waals surface area contributed by atoms with Gasteiger partial charge in [-0.3, -0.25) is 9.59 Å². The Morgan fingerprint density at radius 2 is 1.77 bits per heavy atom. The first-order chi connectivity index (χ1) is 14.8. The zero-order chi connectivity index (χ0) is 22.7. The van der Waals surface area contributed by atoms with Crippen molar-refractivity contribution >= 4 is 17.4 Å². The maximum atomic E-state index is 13.4. The number of aliphatic hydroxyl groups is 1. The van der Waals surface area contributed by atoms with E-state index in [1.807, 2.05) is 19.0 Å². The molecule has 1 fully saturated rings. The Morgan fingerprint density at radius 1 is 1.10 bits per heavy atom. The largest absolute Gasteiger partial charge is 0.507 e. The summed E-state index contributed by atoms with van der Waals surface area (Å²) < 4.78 is 24.2. The summed E-state index contributed by atoms with van der Waals surface area (Å²) in [6, 6.07) is 9.24. The Labute approximate surface area is 180 Å². The zero-order valence-corrected chi connectivity index (χ0v) is 17.9. The van der Waals surface area contributed by atoms with Crippen LogP contribution in [0.1, 0.15) is 17.2 Å². The summed E-state index contributed by atoms with van der Waals surface area (Å²) >= 11 is 0. The number of rotatable bonds is 7. The van der Waals surface area contributed by atoms with Gasteiger partial charge in [0.25, 0.3) is 11.7 Å². The number of Topliss-reactive ketones (excluding diaryl/α,β-unsaturated/α-hetero) is 1. The Hall–Kier alpha value is -3.39. The topological polar surface area (TPSA) is 79.3 Å². The predicted molar refractivity (Wildman–Crippen MR) is 114 cm³/mol. The van der Waals surface area contributed by atoms with E-state index in [1.54, 1.807) is 18.2 Å². The first kappa shape index (κ1) is 22.3. The molecule has 1 atom stereocenters. The predicted octanol–water partition coefficient (Wildman–Crippen LogP) is 2.83. The highest BCUT2D eigenvalue weighted by Crippen LogP contribution is 2.43. The third kappa shape index (κ3) is 4.39. The number of carbonyl (C=O) groups excluding carboxylic acids is 2. The first-order valence-electron chi connectivity index (χ1n) is 9.69. The number of likely N-dealkylation sites (N-methyl/N-ethyl adjacent to an activating group) is 1. The molecule has 1 aliphatic heterocycles. The molecule has 7 nitrogen and oxygen atoms in total. The second-order valence-corrected chi connectivity index (χ2v) is 7.41. The normalized spacial score (nSPS) is 18.0. The van der Waals surface area contributed by atoms with Crippen LogP contribution in [0.3, 0.4) is 0 Å². The molecular weight excluding hydrogens is 403 g/mol. The molecule has 1 aliphatic rings. The van der Waals surface area contributed by atoms with E-state index < -0.39 is 23.5 Å². The third-order valence-electron chi connectivity index (χ3n) is 5.18. The third-order valence-corrected chi connectivity index (χ3v) is 5.18.